The van der Waals surface area contributed by atoms with Gasteiger partial charge in [0.05, 0.1) is 16.6 Å². The molecule has 0 fully saturated rings. The SMILES string of the molecule is N=C(c1ccccc1)N(C(=N)c1ccccc1)c1ccc(-n2c3cccnc3c3ccc4sc5ccccc5c4c32)cc1. The molecular formula is C37H25N5S. The molecule has 6 heteroatoms. The van der Waals surface area contributed by atoms with Crippen LogP contribution in [0.4, 0.5) is 5.69 Å². The van der Waals surface area contributed by atoms with Crippen molar-refractivity contribution in [3.8, 4) is 5.69 Å². The highest BCUT2D eigenvalue weighted by atomic mass is 32.1. The van der Waals surface area contributed by atoms with Crippen LogP contribution in [0.25, 0.3) is 47.8 Å². The van der Waals surface area contributed by atoms with Crippen LogP contribution in [0.3, 0.4) is 0 Å². The van der Waals surface area contributed by atoms with Gasteiger partial charge in [-0.1, -0.05) is 78.9 Å². The van der Waals surface area contributed by atoms with Crippen LogP contribution < -0.4 is 4.90 Å². The second kappa shape index (κ2) is 10.0. The van der Waals surface area contributed by atoms with E-state index in [1.807, 2.05) is 96.4 Å². The molecule has 8 aromatic rings. The third-order valence-corrected chi connectivity index (χ3v) is 9.07. The van der Waals surface area contributed by atoms with E-state index in [2.05, 4.69) is 59.2 Å². The fourth-order valence-corrected chi connectivity index (χ4v) is 7.07. The minimum absolute atomic E-state index is 0.245. The number of anilines is 1. The van der Waals surface area contributed by atoms with Crippen LogP contribution in [0.1, 0.15) is 11.1 Å². The van der Waals surface area contributed by atoms with Gasteiger partial charge in [0.2, 0.25) is 0 Å². The topological polar surface area (TPSA) is 68.8 Å². The predicted octanol–water partition coefficient (Wildman–Crippen LogP) is 9.40. The van der Waals surface area contributed by atoms with Crippen molar-refractivity contribution in [2.45, 2.75) is 0 Å². The number of thiophene rings is 1. The Morgan fingerprint density at radius 2 is 1.26 bits per heavy atom. The van der Waals surface area contributed by atoms with E-state index in [9.17, 15) is 0 Å². The number of rotatable bonds is 4. The molecule has 3 heterocycles. The van der Waals surface area contributed by atoms with Crippen molar-refractivity contribution in [2.75, 3.05) is 4.90 Å². The minimum atomic E-state index is 0.245. The summed E-state index contributed by atoms with van der Waals surface area (Å²) in [5, 5.41) is 21.9. The Hall–Kier alpha value is -5.59. The van der Waals surface area contributed by atoms with E-state index in [0.29, 0.717) is 0 Å². The first kappa shape index (κ1) is 25.1. The standard InChI is InChI=1S/C37H25N5S/c38-36(24-10-3-1-4-11-24)42(37(39)25-12-5-2-6-13-25)27-19-17-26(18-20-27)41-30-15-9-23-40-34(30)29-21-22-32-33(35(29)41)28-14-7-8-16-31(28)43-32/h1-23,38-39H. The minimum Gasteiger partial charge on any atom is -0.307 e. The zero-order valence-electron chi connectivity index (χ0n) is 23.0. The number of benzene rings is 5. The van der Waals surface area contributed by atoms with Crippen molar-refractivity contribution in [1.82, 2.24) is 9.55 Å². The van der Waals surface area contributed by atoms with Gasteiger partial charge in [-0.25, -0.2) is 0 Å². The molecule has 0 unspecified atom stereocenters. The van der Waals surface area contributed by atoms with E-state index >= 15 is 0 Å². The van der Waals surface area contributed by atoms with Gasteiger partial charge < -0.3 is 4.57 Å². The molecule has 0 aliphatic rings. The van der Waals surface area contributed by atoms with Gasteiger partial charge in [-0.2, -0.15) is 0 Å². The van der Waals surface area contributed by atoms with Crippen molar-refractivity contribution in [3.63, 3.8) is 0 Å². The maximum atomic E-state index is 9.13. The van der Waals surface area contributed by atoms with E-state index in [0.717, 1.165) is 44.4 Å². The lowest BCUT2D eigenvalue weighted by atomic mass is 10.1. The Kier molecular flexibility index (Phi) is 5.88. The summed E-state index contributed by atoms with van der Waals surface area (Å²) >= 11 is 1.81. The van der Waals surface area contributed by atoms with Crippen LogP contribution in [0.2, 0.25) is 0 Å². The second-order valence-electron chi connectivity index (χ2n) is 10.4. The van der Waals surface area contributed by atoms with Gasteiger partial charge in [0.1, 0.15) is 11.7 Å². The highest BCUT2D eigenvalue weighted by Gasteiger charge is 2.22. The summed E-state index contributed by atoms with van der Waals surface area (Å²) in [6.07, 6.45) is 1.85. The quantitative estimate of drug-likeness (QED) is 0.163. The van der Waals surface area contributed by atoms with E-state index in [4.69, 9.17) is 15.8 Å². The van der Waals surface area contributed by atoms with Gasteiger partial charge >= 0.3 is 0 Å². The Balaban J connectivity index is 1.33. The number of nitrogens with one attached hydrogen (secondary N) is 2. The molecule has 204 valence electrons. The van der Waals surface area contributed by atoms with E-state index in [1.165, 1.54) is 20.2 Å². The fraction of sp³-hybridized carbons (Fsp3) is 0. The third kappa shape index (κ3) is 4.03. The van der Waals surface area contributed by atoms with Crippen LogP contribution in [0.15, 0.2) is 140 Å². The molecule has 0 atom stereocenters. The third-order valence-electron chi connectivity index (χ3n) is 7.93. The summed E-state index contributed by atoms with van der Waals surface area (Å²) in [6.45, 7) is 0. The summed E-state index contributed by atoms with van der Waals surface area (Å²) in [7, 11) is 0. The Bertz CT molecular complexity index is 2270. The molecule has 0 aliphatic carbocycles. The lowest BCUT2D eigenvalue weighted by Gasteiger charge is -2.26. The average Bonchev–Trinajstić information content (AvgIpc) is 3.62. The summed E-state index contributed by atoms with van der Waals surface area (Å²) in [4.78, 5) is 6.51. The van der Waals surface area contributed by atoms with Gasteiger partial charge in [0.15, 0.2) is 0 Å². The smallest absolute Gasteiger partial charge is 0.138 e. The number of pyridine rings is 1. The van der Waals surface area contributed by atoms with Crippen LogP contribution in [0.5, 0.6) is 0 Å². The lowest BCUT2D eigenvalue weighted by Crippen LogP contribution is -2.37. The van der Waals surface area contributed by atoms with Crippen molar-refractivity contribution in [1.29, 1.82) is 10.8 Å². The molecule has 0 bridgehead atoms. The maximum Gasteiger partial charge on any atom is 0.138 e. The summed E-state index contributed by atoms with van der Waals surface area (Å²) in [5.41, 5.74) is 6.38. The lowest BCUT2D eigenvalue weighted by molar-refractivity contribution is 1.18. The molecule has 0 radical (unpaired) electrons. The number of hydrogen-bond acceptors (Lipinski definition) is 4. The number of aromatic nitrogens is 2. The van der Waals surface area contributed by atoms with Gasteiger partial charge in [-0.15, -0.1) is 11.3 Å². The van der Waals surface area contributed by atoms with Gasteiger partial charge in [-0.3, -0.25) is 20.7 Å². The normalized spacial score (nSPS) is 11.4. The van der Waals surface area contributed by atoms with Crippen LogP contribution in [-0.2, 0) is 0 Å². The molecule has 43 heavy (non-hydrogen) atoms. The number of nitrogens with zero attached hydrogens (tertiary/aromatic N) is 3. The average molecular weight is 572 g/mol. The zero-order chi connectivity index (χ0) is 28.9. The first-order valence-electron chi connectivity index (χ1n) is 14.1. The Morgan fingerprint density at radius 1 is 0.605 bits per heavy atom. The largest absolute Gasteiger partial charge is 0.307 e. The first-order chi connectivity index (χ1) is 21.2. The van der Waals surface area contributed by atoms with Crippen molar-refractivity contribution in [2.24, 2.45) is 0 Å². The molecule has 0 aliphatic heterocycles. The highest BCUT2D eigenvalue weighted by Crippen LogP contribution is 2.42. The van der Waals surface area contributed by atoms with Crippen LogP contribution in [0, 0.1) is 10.8 Å². The van der Waals surface area contributed by atoms with E-state index < -0.39 is 0 Å². The number of hydrogen-bond donors (Lipinski definition) is 2. The maximum absolute atomic E-state index is 9.13. The Morgan fingerprint density at radius 3 is 1.95 bits per heavy atom. The molecule has 2 N–H and O–H groups in total. The second-order valence-corrected chi connectivity index (χ2v) is 11.5. The Labute approximate surface area is 251 Å². The van der Waals surface area contributed by atoms with Crippen LogP contribution >= 0.6 is 11.3 Å². The molecule has 5 nitrogen and oxygen atoms in total. The van der Waals surface area contributed by atoms with Crippen molar-refractivity contribution >= 4 is 70.8 Å². The zero-order valence-corrected chi connectivity index (χ0v) is 23.8. The monoisotopic (exact) mass is 571 g/mol. The molecular weight excluding hydrogens is 547 g/mol. The molecule has 8 rings (SSSR count). The van der Waals surface area contributed by atoms with Crippen LogP contribution in [-0.4, -0.2) is 21.2 Å². The van der Waals surface area contributed by atoms with E-state index in [1.54, 1.807) is 4.90 Å². The summed E-state index contributed by atoms with van der Waals surface area (Å²) in [5.74, 6) is 0.490. The van der Waals surface area contributed by atoms with Gasteiger partial charge in [0.25, 0.3) is 0 Å². The first-order valence-corrected chi connectivity index (χ1v) is 14.9. The molecule has 5 aromatic carbocycles. The van der Waals surface area contributed by atoms with Crippen molar-refractivity contribution in [3.05, 3.63) is 151 Å². The molecule has 3 aromatic heterocycles. The van der Waals surface area contributed by atoms with Crippen molar-refractivity contribution < 1.29 is 0 Å². The highest BCUT2D eigenvalue weighted by molar-refractivity contribution is 7.26. The molecule has 0 saturated carbocycles. The van der Waals surface area contributed by atoms with E-state index in [-0.39, 0.29) is 11.7 Å². The number of amidine groups is 2. The van der Waals surface area contributed by atoms with Gasteiger partial charge in [0, 0.05) is 54.3 Å². The summed E-state index contributed by atoms with van der Waals surface area (Å²) < 4.78 is 4.81. The van der Waals surface area contributed by atoms with Gasteiger partial charge in [-0.05, 0) is 54.6 Å². The fourth-order valence-electron chi connectivity index (χ4n) is 5.97. The summed E-state index contributed by atoms with van der Waals surface area (Å²) in [6, 6.07) is 44.4. The molecule has 0 spiro atoms. The number of fused-ring (bicyclic) bond motifs is 7. The predicted molar refractivity (Wildman–Crippen MR) is 180 cm³/mol. The molecule has 0 amide bonds. The molecule has 0 saturated heterocycles.